The number of carbonyl (C=O) groups is 1. The summed E-state index contributed by atoms with van der Waals surface area (Å²) in [5.74, 6) is -0.675. The Kier molecular flexibility index (Phi) is 7.63. The minimum atomic E-state index is -4.54. The standard InChI is InChI=1S/C30H27ClNO6P/c31-21-13-10-19(11-14-21)26(33)17-16-25-29(32(30(25)35)22-6-2-1-3-7-22)24-15-12-20(18-27(24)34)23-8-4-5-9-28(23)39(36,37)38/h1-15,18,25-26,29,33-34H,16-17H2,(H2,36,37,38)/t25-,26+,29-/m1/s1. The molecule has 4 aromatic carbocycles. The molecule has 0 bridgehead atoms. The highest BCUT2D eigenvalue weighted by Crippen LogP contribution is 2.49. The first-order valence-corrected chi connectivity index (χ1v) is 14.4. The van der Waals surface area contributed by atoms with E-state index in [-0.39, 0.29) is 17.0 Å². The number of nitrogens with zero attached hydrogens (tertiary/aromatic N) is 1. The normalized spacial score (nSPS) is 18.1. The van der Waals surface area contributed by atoms with Gasteiger partial charge in [0.15, 0.2) is 0 Å². The van der Waals surface area contributed by atoms with Crippen LogP contribution in [0.4, 0.5) is 5.69 Å². The van der Waals surface area contributed by atoms with Gasteiger partial charge < -0.3 is 24.9 Å². The molecule has 1 fully saturated rings. The largest absolute Gasteiger partial charge is 0.508 e. The number of amides is 1. The fourth-order valence-electron chi connectivity index (χ4n) is 5.18. The third kappa shape index (κ3) is 5.50. The van der Waals surface area contributed by atoms with Crippen molar-refractivity contribution in [2.45, 2.75) is 25.0 Å². The highest BCUT2D eigenvalue weighted by atomic mass is 35.5. The summed E-state index contributed by atoms with van der Waals surface area (Å²) < 4.78 is 12.0. The minimum absolute atomic E-state index is 0.0882. The average molecular weight is 564 g/mol. The molecule has 3 atom stereocenters. The van der Waals surface area contributed by atoms with E-state index < -0.39 is 25.7 Å². The second kappa shape index (κ2) is 11.0. The van der Waals surface area contributed by atoms with E-state index in [0.29, 0.717) is 45.8 Å². The maximum absolute atomic E-state index is 13.4. The Hall–Kier alpha value is -3.45. The molecule has 1 saturated heterocycles. The molecule has 7 nitrogen and oxygen atoms in total. The maximum atomic E-state index is 13.4. The third-order valence-corrected chi connectivity index (χ3v) is 8.40. The Morgan fingerprint density at radius 1 is 0.897 bits per heavy atom. The number of rotatable bonds is 8. The van der Waals surface area contributed by atoms with Crippen molar-refractivity contribution in [3.05, 3.63) is 113 Å². The number of para-hydroxylation sites is 1. The van der Waals surface area contributed by atoms with Gasteiger partial charge in [0.05, 0.1) is 23.4 Å². The number of halogens is 1. The highest BCUT2D eigenvalue weighted by molar-refractivity contribution is 7.60. The number of β-lactam (4-membered cyclic amide) rings is 1. The molecule has 4 aromatic rings. The number of aliphatic hydroxyl groups excluding tert-OH is 1. The number of aromatic hydroxyl groups is 1. The van der Waals surface area contributed by atoms with Crippen LogP contribution in [0.3, 0.4) is 0 Å². The lowest BCUT2D eigenvalue weighted by Crippen LogP contribution is -2.55. The topological polar surface area (TPSA) is 118 Å². The number of anilines is 1. The number of phenols is 1. The van der Waals surface area contributed by atoms with Crippen molar-refractivity contribution >= 4 is 36.1 Å². The molecule has 0 saturated carbocycles. The number of benzene rings is 4. The Bertz CT molecular complexity index is 1540. The van der Waals surface area contributed by atoms with Crippen molar-refractivity contribution in [2.24, 2.45) is 5.92 Å². The molecule has 0 spiro atoms. The predicted molar refractivity (Wildman–Crippen MR) is 151 cm³/mol. The van der Waals surface area contributed by atoms with Crippen LogP contribution in [-0.4, -0.2) is 25.9 Å². The van der Waals surface area contributed by atoms with E-state index in [1.54, 1.807) is 59.5 Å². The number of carbonyl (C=O) groups excluding carboxylic acids is 1. The second-order valence-electron chi connectivity index (χ2n) is 9.57. The zero-order valence-corrected chi connectivity index (χ0v) is 22.4. The van der Waals surface area contributed by atoms with Crippen LogP contribution in [0.2, 0.25) is 5.02 Å². The smallest absolute Gasteiger partial charge is 0.356 e. The van der Waals surface area contributed by atoms with Gasteiger partial charge in [0.1, 0.15) is 5.75 Å². The molecule has 1 aliphatic rings. The quantitative estimate of drug-likeness (QED) is 0.160. The zero-order valence-electron chi connectivity index (χ0n) is 20.8. The van der Waals surface area contributed by atoms with Crippen molar-refractivity contribution in [3.63, 3.8) is 0 Å². The molecule has 200 valence electrons. The third-order valence-electron chi connectivity index (χ3n) is 7.13. The minimum Gasteiger partial charge on any atom is -0.508 e. The monoisotopic (exact) mass is 563 g/mol. The molecule has 9 heteroatoms. The SMILES string of the molecule is O=C1[C@H](CC[C@H](O)c2ccc(Cl)cc2)[C@@H](c2ccc(-c3ccccc3P(=O)(O)O)cc2O)N1c1ccccc1. The summed E-state index contributed by atoms with van der Waals surface area (Å²) in [6, 6.07) is 26.6. The van der Waals surface area contributed by atoms with E-state index in [9.17, 15) is 29.4 Å². The molecule has 1 aliphatic heterocycles. The summed E-state index contributed by atoms with van der Waals surface area (Å²) in [5.41, 5.74) is 2.68. The Balaban J connectivity index is 1.46. The molecule has 0 unspecified atom stereocenters. The Morgan fingerprint density at radius 3 is 2.23 bits per heavy atom. The van der Waals surface area contributed by atoms with Gasteiger partial charge in [0.25, 0.3) is 0 Å². The summed E-state index contributed by atoms with van der Waals surface area (Å²) in [7, 11) is -4.54. The molecule has 4 N–H and O–H groups in total. The van der Waals surface area contributed by atoms with Gasteiger partial charge in [-0.25, -0.2) is 0 Å². The number of aliphatic hydroxyl groups is 1. The van der Waals surface area contributed by atoms with Crippen molar-refractivity contribution in [1.82, 2.24) is 0 Å². The lowest BCUT2D eigenvalue weighted by molar-refractivity contribution is -0.131. The van der Waals surface area contributed by atoms with Crippen LogP contribution < -0.4 is 10.2 Å². The first-order chi connectivity index (χ1) is 18.6. The summed E-state index contributed by atoms with van der Waals surface area (Å²) in [4.78, 5) is 34.6. The van der Waals surface area contributed by atoms with E-state index in [1.165, 1.54) is 12.1 Å². The summed E-state index contributed by atoms with van der Waals surface area (Å²) in [6.07, 6.45) is -0.0496. The molecule has 5 rings (SSSR count). The molecule has 0 radical (unpaired) electrons. The summed E-state index contributed by atoms with van der Waals surface area (Å²) in [6.45, 7) is 0. The zero-order chi connectivity index (χ0) is 27.7. The number of hydrogen-bond acceptors (Lipinski definition) is 4. The van der Waals surface area contributed by atoms with Gasteiger partial charge in [-0.3, -0.25) is 9.36 Å². The maximum Gasteiger partial charge on any atom is 0.356 e. The van der Waals surface area contributed by atoms with Crippen LogP contribution in [0.25, 0.3) is 11.1 Å². The predicted octanol–water partition coefficient (Wildman–Crippen LogP) is 5.73. The number of hydrogen-bond donors (Lipinski definition) is 4. The van der Waals surface area contributed by atoms with Gasteiger partial charge in [-0.15, -0.1) is 0 Å². The number of phenolic OH excluding ortho intramolecular Hbond substituents is 1. The molecule has 1 heterocycles. The fourth-order valence-corrected chi connectivity index (χ4v) is 6.11. The van der Waals surface area contributed by atoms with E-state index in [2.05, 4.69) is 0 Å². The van der Waals surface area contributed by atoms with Crippen LogP contribution in [0.1, 0.15) is 36.1 Å². The molecular formula is C30H27ClNO6P. The van der Waals surface area contributed by atoms with Gasteiger partial charge in [-0.05, 0) is 65.9 Å². The van der Waals surface area contributed by atoms with Gasteiger partial charge in [-0.1, -0.05) is 72.3 Å². The van der Waals surface area contributed by atoms with Gasteiger partial charge in [0, 0.05) is 16.3 Å². The van der Waals surface area contributed by atoms with E-state index in [0.717, 1.165) is 0 Å². The molecule has 39 heavy (non-hydrogen) atoms. The Labute approximate surface area is 231 Å². The lowest BCUT2D eigenvalue weighted by Gasteiger charge is -2.48. The van der Waals surface area contributed by atoms with E-state index >= 15 is 0 Å². The van der Waals surface area contributed by atoms with Crippen molar-refractivity contribution < 1.29 is 29.4 Å². The van der Waals surface area contributed by atoms with E-state index in [1.807, 2.05) is 30.3 Å². The van der Waals surface area contributed by atoms with Crippen LogP contribution in [0.5, 0.6) is 5.75 Å². The van der Waals surface area contributed by atoms with Crippen LogP contribution in [-0.2, 0) is 9.36 Å². The molecule has 0 aromatic heterocycles. The van der Waals surface area contributed by atoms with Crippen molar-refractivity contribution in [2.75, 3.05) is 4.90 Å². The van der Waals surface area contributed by atoms with Crippen molar-refractivity contribution in [1.29, 1.82) is 0 Å². The second-order valence-corrected chi connectivity index (χ2v) is 11.6. The molecule has 0 aliphatic carbocycles. The average Bonchev–Trinajstić information content (AvgIpc) is 2.92. The van der Waals surface area contributed by atoms with E-state index in [4.69, 9.17) is 11.6 Å². The van der Waals surface area contributed by atoms with Crippen LogP contribution in [0, 0.1) is 5.92 Å². The van der Waals surface area contributed by atoms with Gasteiger partial charge >= 0.3 is 7.60 Å². The van der Waals surface area contributed by atoms with Crippen LogP contribution in [0.15, 0.2) is 97.1 Å². The summed E-state index contributed by atoms with van der Waals surface area (Å²) >= 11 is 5.96. The Morgan fingerprint density at radius 2 is 1.56 bits per heavy atom. The first kappa shape index (κ1) is 27.1. The fraction of sp³-hybridized carbons (Fsp3) is 0.167. The van der Waals surface area contributed by atoms with Crippen molar-refractivity contribution in [3.8, 4) is 16.9 Å². The summed E-state index contributed by atoms with van der Waals surface area (Å²) in [5, 5.41) is 22.3. The molecular weight excluding hydrogens is 537 g/mol. The van der Waals surface area contributed by atoms with Crippen LogP contribution >= 0.6 is 19.2 Å². The van der Waals surface area contributed by atoms with Gasteiger partial charge in [-0.2, -0.15) is 0 Å². The molecule has 1 amide bonds. The first-order valence-electron chi connectivity index (χ1n) is 12.4. The lowest BCUT2D eigenvalue weighted by atomic mass is 9.77. The highest BCUT2D eigenvalue weighted by Gasteiger charge is 2.49. The van der Waals surface area contributed by atoms with Gasteiger partial charge in [0.2, 0.25) is 5.91 Å².